The lowest BCUT2D eigenvalue weighted by Crippen LogP contribution is -2.39. The van der Waals surface area contributed by atoms with Crippen molar-refractivity contribution in [2.45, 2.75) is 59.1 Å². The fourth-order valence-corrected chi connectivity index (χ4v) is 4.43. The zero-order valence-electron chi connectivity index (χ0n) is 13.9. The molecule has 4 atom stereocenters. The second-order valence-electron chi connectivity index (χ2n) is 7.63. The Hall–Kier alpha value is -1.09. The summed E-state index contributed by atoms with van der Waals surface area (Å²) >= 11 is 0. The van der Waals surface area contributed by atoms with E-state index in [4.69, 9.17) is 4.74 Å². The number of fused-ring (bicyclic) bond motifs is 2. The number of aromatic nitrogens is 1. The van der Waals surface area contributed by atoms with Crippen LogP contribution in [0.4, 0.5) is 0 Å². The number of pyridine rings is 1. The van der Waals surface area contributed by atoms with Crippen LogP contribution in [0.5, 0.6) is 5.88 Å². The molecule has 1 aromatic rings. The topological polar surface area (TPSA) is 34.2 Å². The smallest absolute Gasteiger partial charge is 0.218 e. The highest BCUT2D eigenvalue weighted by Crippen LogP contribution is 2.66. The highest BCUT2D eigenvalue weighted by molar-refractivity contribution is 5.29. The van der Waals surface area contributed by atoms with E-state index >= 15 is 0 Å². The molecule has 2 aliphatic rings. The molecule has 1 aromatic heterocycles. The van der Waals surface area contributed by atoms with E-state index in [9.17, 15) is 0 Å². The number of hydrogen-bond donors (Lipinski definition) is 1. The Balaban J connectivity index is 1.86. The normalized spacial score (nSPS) is 34.9. The monoisotopic (exact) mass is 288 g/mol. The van der Waals surface area contributed by atoms with Gasteiger partial charge in [0, 0.05) is 23.2 Å². The molecule has 4 unspecified atom stereocenters. The summed E-state index contributed by atoms with van der Waals surface area (Å²) in [6.45, 7) is 9.40. The van der Waals surface area contributed by atoms with Crippen molar-refractivity contribution < 1.29 is 4.74 Å². The van der Waals surface area contributed by atoms with Crippen LogP contribution in [0.2, 0.25) is 0 Å². The summed E-state index contributed by atoms with van der Waals surface area (Å²) in [5.74, 6) is 1.61. The van der Waals surface area contributed by atoms with Crippen molar-refractivity contribution >= 4 is 0 Å². The van der Waals surface area contributed by atoms with Crippen molar-refractivity contribution in [2.75, 3.05) is 7.05 Å². The van der Waals surface area contributed by atoms with Crippen LogP contribution in [-0.4, -0.2) is 18.1 Å². The van der Waals surface area contributed by atoms with Gasteiger partial charge in [-0.25, -0.2) is 4.98 Å². The van der Waals surface area contributed by atoms with Gasteiger partial charge in [0.15, 0.2) is 0 Å². The average Bonchev–Trinajstić information content (AvgIpc) is 2.80. The van der Waals surface area contributed by atoms with E-state index in [0.717, 1.165) is 17.4 Å². The summed E-state index contributed by atoms with van der Waals surface area (Å²) in [6.07, 6.45) is 5.93. The molecule has 3 nitrogen and oxygen atoms in total. The van der Waals surface area contributed by atoms with Gasteiger partial charge in [0.2, 0.25) is 5.88 Å². The second-order valence-corrected chi connectivity index (χ2v) is 7.63. The predicted molar refractivity (Wildman–Crippen MR) is 85.4 cm³/mol. The van der Waals surface area contributed by atoms with Crippen LogP contribution < -0.4 is 10.1 Å². The van der Waals surface area contributed by atoms with E-state index in [1.807, 2.05) is 19.3 Å². The molecular weight excluding hydrogens is 260 g/mol. The third-order valence-corrected chi connectivity index (χ3v) is 6.67. The van der Waals surface area contributed by atoms with Crippen LogP contribution in [0.1, 0.15) is 58.6 Å². The number of nitrogens with zero attached hydrogens (tertiary/aromatic N) is 1. The molecule has 1 N–H and O–H groups in total. The van der Waals surface area contributed by atoms with Gasteiger partial charge in [-0.15, -0.1) is 0 Å². The van der Waals surface area contributed by atoms with Gasteiger partial charge in [-0.3, -0.25) is 0 Å². The zero-order valence-corrected chi connectivity index (χ0v) is 13.9. The van der Waals surface area contributed by atoms with Crippen LogP contribution >= 0.6 is 0 Å². The lowest BCUT2D eigenvalue weighted by Gasteiger charge is -2.39. The highest BCUT2D eigenvalue weighted by atomic mass is 16.5. The van der Waals surface area contributed by atoms with E-state index in [1.165, 1.54) is 19.3 Å². The third kappa shape index (κ3) is 2.09. The van der Waals surface area contributed by atoms with Crippen LogP contribution in [0.25, 0.3) is 0 Å². The van der Waals surface area contributed by atoms with Gasteiger partial charge >= 0.3 is 0 Å². The highest BCUT2D eigenvalue weighted by Gasteiger charge is 2.62. The van der Waals surface area contributed by atoms with Crippen molar-refractivity contribution in [3.05, 3.63) is 23.9 Å². The molecule has 116 valence electrons. The number of hydrogen-bond acceptors (Lipinski definition) is 3. The Morgan fingerprint density at radius 2 is 2.14 bits per heavy atom. The molecule has 21 heavy (non-hydrogen) atoms. The molecule has 0 saturated heterocycles. The average molecular weight is 288 g/mol. The van der Waals surface area contributed by atoms with Crippen LogP contribution in [0, 0.1) is 16.7 Å². The van der Waals surface area contributed by atoms with Gasteiger partial charge in [-0.1, -0.05) is 26.8 Å². The molecule has 0 spiro atoms. The molecule has 0 aliphatic heterocycles. The minimum atomic E-state index is 0.258. The van der Waals surface area contributed by atoms with E-state index in [2.05, 4.69) is 44.1 Å². The van der Waals surface area contributed by atoms with Gasteiger partial charge in [0.1, 0.15) is 6.10 Å². The largest absolute Gasteiger partial charge is 0.473 e. The van der Waals surface area contributed by atoms with E-state index < -0.39 is 0 Å². The standard InChI is InChI=1S/C18H28N2O/c1-12(19-5)14-7-6-10-20-16(14)21-15-11-13-8-9-18(15,4)17(13,2)3/h6-7,10,12-13,15,19H,8-9,11H2,1-5H3. The lowest BCUT2D eigenvalue weighted by atomic mass is 9.70. The Labute approximate surface area is 128 Å². The second kappa shape index (κ2) is 4.98. The van der Waals surface area contributed by atoms with Gasteiger partial charge in [0.05, 0.1) is 0 Å². The first kappa shape index (κ1) is 14.8. The molecule has 2 aliphatic carbocycles. The molecule has 3 heteroatoms. The van der Waals surface area contributed by atoms with Crippen molar-refractivity contribution in [3.8, 4) is 5.88 Å². The quantitative estimate of drug-likeness (QED) is 0.910. The molecule has 2 fully saturated rings. The molecule has 0 radical (unpaired) electrons. The fourth-order valence-electron chi connectivity index (χ4n) is 4.43. The van der Waals surface area contributed by atoms with Gasteiger partial charge < -0.3 is 10.1 Å². The zero-order chi connectivity index (χ0) is 15.3. The van der Waals surface area contributed by atoms with Crippen LogP contribution in [0.15, 0.2) is 18.3 Å². The minimum absolute atomic E-state index is 0.258. The molecule has 0 aromatic carbocycles. The molecule has 2 bridgehead atoms. The summed E-state index contributed by atoms with van der Waals surface area (Å²) in [7, 11) is 1.98. The molecule has 1 heterocycles. The predicted octanol–water partition coefficient (Wildman–Crippen LogP) is 3.96. The van der Waals surface area contributed by atoms with Gasteiger partial charge in [-0.2, -0.15) is 0 Å². The lowest BCUT2D eigenvalue weighted by molar-refractivity contribution is 0.0264. The van der Waals surface area contributed by atoms with E-state index in [-0.39, 0.29) is 11.5 Å². The summed E-state index contributed by atoms with van der Waals surface area (Å²) in [6, 6.07) is 4.36. The maximum Gasteiger partial charge on any atom is 0.218 e. The number of nitrogens with one attached hydrogen (secondary N) is 1. The number of ether oxygens (including phenoxy) is 1. The first-order valence-corrected chi connectivity index (χ1v) is 8.19. The summed E-state index contributed by atoms with van der Waals surface area (Å²) in [4.78, 5) is 4.51. The summed E-state index contributed by atoms with van der Waals surface area (Å²) in [5.41, 5.74) is 1.81. The Morgan fingerprint density at radius 1 is 1.38 bits per heavy atom. The van der Waals surface area contributed by atoms with Gasteiger partial charge in [0.25, 0.3) is 0 Å². The van der Waals surface area contributed by atoms with Gasteiger partial charge in [-0.05, 0) is 50.6 Å². The van der Waals surface area contributed by atoms with Crippen molar-refractivity contribution in [3.63, 3.8) is 0 Å². The Kier molecular flexibility index (Phi) is 3.52. The van der Waals surface area contributed by atoms with E-state index in [1.54, 1.807) is 0 Å². The molecule has 3 rings (SSSR count). The van der Waals surface area contributed by atoms with E-state index in [0.29, 0.717) is 11.5 Å². The SMILES string of the molecule is CNC(C)c1cccnc1OC1CC2CCC1(C)C2(C)C. The molecule has 2 saturated carbocycles. The fraction of sp³-hybridized carbons (Fsp3) is 0.722. The Morgan fingerprint density at radius 3 is 2.71 bits per heavy atom. The summed E-state index contributed by atoms with van der Waals surface area (Å²) < 4.78 is 6.45. The minimum Gasteiger partial charge on any atom is -0.473 e. The third-order valence-electron chi connectivity index (χ3n) is 6.67. The first-order chi connectivity index (χ1) is 9.90. The molecule has 0 amide bonds. The molecular formula is C18H28N2O. The van der Waals surface area contributed by atoms with Crippen LogP contribution in [-0.2, 0) is 0 Å². The van der Waals surface area contributed by atoms with Crippen LogP contribution in [0.3, 0.4) is 0 Å². The maximum atomic E-state index is 6.45. The number of rotatable bonds is 4. The first-order valence-electron chi connectivity index (χ1n) is 8.19. The summed E-state index contributed by atoms with van der Waals surface area (Å²) in [5, 5.41) is 3.29. The van der Waals surface area contributed by atoms with Crippen molar-refractivity contribution in [2.24, 2.45) is 16.7 Å². The van der Waals surface area contributed by atoms with Crippen molar-refractivity contribution in [1.82, 2.24) is 10.3 Å². The Bertz CT molecular complexity index is 528. The van der Waals surface area contributed by atoms with Crippen molar-refractivity contribution in [1.29, 1.82) is 0 Å². The maximum absolute atomic E-state index is 6.45.